The second-order valence-corrected chi connectivity index (χ2v) is 0. The Morgan fingerprint density at radius 1 is 0.333 bits per heavy atom. The standard InChI is InChI=1S/Na.10H2O.H2S.H/h;11*1H2;/q+1;;;;;;;;;;;;-1. The molecule has 0 aliphatic carbocycles. The van der Waals surface area contributed by atoms with E-state index in [2.05, 4.69) is 0 Å². The van der Waals surface area contributed by atoms with Crippen LogP contribution in [0.1, 0.15) is 1.43 Å². The molecule has 0 aliphatic rings. The van der Waals surface area contributed by atoms with Gasteiger partial charge in [-0.1, -0.05) is 0 Å². The van der Waals surface area contributed by atoms with Crippen LogP contribution in [0, 0.1) is 0 Å². The summed E-state index contributed by atoms with van der Waals surface area (Å²) >= 11 is 0. The summed E-state index contributed by atoms with van der Waals surface area (Å²) in [5.74, 6) is 0. The summed E-state index contributed by atoms with van der Waals surface area (Å²) in [6.45, 7) is 0. The van der Waals surface area contributed by atoms with Crippen LogP contribution in [0.15, 0.2) is 0 Å². The monoisotopic (exact) mass is 238 g/mol. The maximum atomic E-state index is 0. The van der Waals surface area contributed by atoms with Crippen LogP contribution in [0.4, 0.5) is 0 Å². The first-order chi connectivity index (χ1) is 0. The normalized spacial score (nSPS) is 0. The van der Waals surface area contributed by atoms with Gasteiger partial charge in [0.2, 0.25) is 0 Å². The van der Waals surface area contributed by atoms with Crippen molar-refractivity contribution in [1.29, 1.82) is 0 Å². The maximum absolute atomic E-state index is 0. The minimum absolute atomic E-state index is 0. The van der Waals surface area contributed by atoms with Gasteiger partial charge in [-0.25, -0.2) is 0 Å². The first-order valence-electron chi connectivity index (χ1n) is 0. The van der Waals surface area contributed by atoms with Crippen molar-refractivity contribution in [3.63, 3.8) is 0 Å². The van der Waals surface area contributed by atoms with Gasteiger partial charge in [0.05, 0.1) is 0 Å². The van der Waals surface area contributed by atoms with Crippen molar-refractivity contribution < 1.29 is 85.7 Å². The van der Waals surface area contributed by atoms with Crippen LogP contribution in [0.3, 0.4) is 0 Å². The average Bonchev–Trinajstić information content (AvgIpc) is 0. The van der Waals surface area contributed by atoms with E-state index in [1.54, 1.807) is 0 Å². The Morgan fingerprint density at radius 3 is 0.333 bits per heavy atom. The zero-order chi connectivity index (χ0) is 0. The van der Waals surface area contributed by atoms with Crippen molar-refractivity contribution in [2.45, 2.75) is 0 Å². The quantitative estimate of drug-likeness (QED) is 0.354. The number of rotatable bonds is 0. The van der Waals surface area contributed by atoms with E-state index in [9.17, 15) is 0 Å². The Kier molecular flexibility index (Phi) is 271000. The fourth-order valence-corrected chi connectivity index (χ4v) is 0. The van der Waals surface area contributed by atoms with Gasteiger partial charge in [0.25, 0.3) is 0 Å². The number of hydrogen-bond acceptors (Lipinski definition) is 0. The van der Waals surface area contributed by atoms with E-state index in [-0.39, 0.29) is 99.2 Å². The molecule has 12 heteroatoms. The van der Waals surface area contributed by atoms with E-state index in [1.165, 1.54) is 0 Å². The molecule has 12 heavy (non-hydrogen) atoms. The number of hydrogen-bond donors (Lipinski definition) is 0. The van der Waals surface area contributed by atoms with Crippen molar-refractivity contribution in [2.24, 2.45) is 0 Å². The third kappa shape index (κ3) is 1200. The van der Waals surface area contributed by atoms with Gasteiger partial charge < -0.3 is 56.2 Å². The van der Waals surface area contributed by atoms with Crippen LogP contribution in [0.5, 0.6) is 0 Å². The van der Waals surface area contributed by atoms with E-state index in [4.69, 9.17) is 0 Å². The summed E-state index contributed by atoms with van der Waals surface area (Å²) in [5.41, 5.74) is 0. The SMILES string of the molecule is O.O.O.O.O.O.O.O.O.O.S.[H-].[Na+]. The van der Waals surface area contributed by atoms with Gasteiger partial charge in [0, 0.05) is 0 Å². The second kappa shape index (κ2) is 1590. The first-order valence-corrected chi connectivity index (χ1v) is 0. The Balaban J connectivity index is 0. The molecule has 0 saturated heterocycles. The molecule has 20 N–H and O–H groups in total. The molecule has 0 amide bonds. The van der Waals surface area contributed by atoms with Crippen molar-refractivity contribution >= 4 is 13.5 Å². The van der Waals surface area contributed by atoms with Crippen LogP contribution >= 0.6 is 13.5 Å². The minimum Gasteiger partial charge on any atom is -1.00 e. The smallest absolute Gasteiger partial charge is 1.00 e. The molecule has 0 aromatic heterocycles. The van der Waals surface area contributed by atoms with Gasteiger partial charge in [-0.3, -0.25) is 0 Å². The second-order valence-electron chi connectivity index (χ2n) is 0. The van der Waals surface area contributed by atoms with Crippen molar-refractivity contribution in [3.05, 3.63) is 0 Å². The molecule has 0 aromatic carbocycles. The van der Waals surface area contributed by atoms with Crippen LogP contribution in [0.25, 0.3) is 0 Å². The summed E-state index contributed by atoms with van der Waals surface area (Å²) in [5, 5.41) is 0. The zero-order valence-corrected chi connectivity index (χ0v) is 9.50. The molecule has 0 saturated carbocycles. The van der Waals surface area contributed by atoms with Crippen LogP contribution < -0.4 is 29.6 Å². The third-order valence-corrected chi connectivity index (χ3v) is 0. The van der Waals surface area contributed by atoms with Gasteiger partial charge in [0.15, 0.2) is 0 Å². The minimum atomic E-state index is 0. The fourth-order valence-electron chi connectivity index (χ4n) is 0. The topological polar surface area (TPSA) is 315 Å². The van der Waals surface area contributed by atoms with Gasteiger partial charge in [-0.15, -0.1) is 0 Å². The van der Waals surface area contributed by atoms with E-state index in [0.29, 0.717) is 0 Å². The van der Waals surface area contributed by atoms with Crippen molar-refractivity contribution in [3.8, 4) is 0 Å². The molecule has 0 radical (unpaired) electrons. The maximum Gasteiger partial charge on any atom is 1.00 e. The zero-order valence-electron chi connectivity index (χ0n) is 7.50. The molecular formula is H23NaO10S. The van der Waals surface area contributed by atoms with Gasteiger partial charge in [-0.05, 0) is 0 Å². The van der Waals surface area contributed by atoms with Crippen molar-refractivity contribution in [1.82, 2.24) is 0 Å². The molecule has 0 atom stereocenters. The average molecular weight is 238 g/mol. The first kappa shape index (κ1) is 2050. The molecule has 0 unspecified atom stereocenters. The van der Waals surface area contributed by atoms with Crippen LogP contribution in [-0.4, -0.2) is 54.8 Å². The molecule has 10 nitrogen and oxygen atoms in total. The van der Waals surface area contributed by atoms with Crippen LogP contribution in [0.2, 0.25) is 0 Å². The Hall–Kier alpha value is 0.950. The van der Waals surface area contributed by atoms with E-state index in [0.717, 1.165) is 0 Å². The van der Waals surface area contributed by atoms with Crippen molar-refractivity contribution in [2.75, 3.05) is 0 Å². The molecule has 0 bridgehead atoms. The van der Waals surface area contributed by atoms with E-state index in [1.807, 2.05) is 0 Å². The molecule has 0 fully saturated rings. The Bertz CT molecular complexity index is 14.9. The Labute approximate surface area is 99.3 Å². The molecule has 0 heterocycles. The van der Waals surface area contributed by atoms with Gasteiger partial charge in [-0.2, -0.15) is 13.5 Å². The van der Waals surface area contributed by atoms with E-state index < -0.39 is 0 Å². The van der Waals surface area contributed by atoms with E-state index >= 15 is 0 Å². The summed E-state index contributed by atoms with van der Waals surface area (Å²) in [4.78, 5) is 0. The van der Waals surface area contributed by atoms with Gasteiger partial charge in [0.1, 0.15) is 0 Å². The molecule has 0 spiro atoms. The summed E-state index contributed by atoms with van der Waals surface area (Å²) in [7, 11) is 0. The third-order valence-electron chi connectivity index (χ3n) is 0. The molecule has 0 rings (SSSR count). The molecular weight excluding hydrogens is 215 g/mol. The summed E-state index contributed by atoms with van der Waals surface area (Å²) < 4.78 is 0. The largest absolute Gasteiger partial charge is 1.00 e. The molecule has 0 aromatic rings. The summed E-state index contributed by atoms with van der Waals surface area (Å²) in [6, 6.07) is 0. The summed E-state index contributed by atoms with van der Waals surface area (Å²) in [6.07, 6.45) is 0. The van der Waals surface area contributed by atoms with Gasteiger partial charge >= 0.3 is 29.6 Å². The Morgan fingerprint density at radius 2 is 0.333 bits per heavy atom. The fraction of sp³-hybridized carbons (Fsp3) is 0. The predicted molar refractivity (Wildman–Crippen MR) is 47.6 cm³/mol. The molecule has 90 valence electrons. The van der Waals surface area contributed by atoms with Crippen LogP contribution in [-0.2, 0) is 0 Å². The predicted octanol–water partition coefficient (Wildman–Crippen LogP) is -11.0. The molecule has 0 aliphatic heterocycles.